The molecule has 0 spiro atoms. The van der Waals surface area contributed by atoms with Crippen molar-refractivity contribution in [2.75, 3.05) is 0 Å². The minimum absolute atomic E-state index is 0.0182. The van der Waals surface area contributed by atoms with Crippen LogP contribution in [0.25, 0.3) is 98.0 Å². The van der Waals surface area contributed by atoms with Gasteiger partial charge >= 0.3 is 0 Å². The normalized spacial score (nSPS) is 12.6. The van der Waals surface area contributed by atoms with Crippen LogP contribution in [0.2, 0.25) is 0 Å². The van der Waals surface area contributed by atoms with Crippen LogP contribution in [0.3, 0.4) is 0 Å². The van der Waals surface area contributed by atoms with Crippen molar-refractivity contribution in [2.24, 2.45) is 0 Å². The van der Waals surface area contributed by atoms with Crippen LogP contribution >= 0.6 is 0 Å². The zero-order valence-corrected chi connectivity index (χ0v) is 42.4. The summed E-state index contributed by atoms with van der Waals surface area (Å²) >= 11 is 0. The molecule has 0 heterocycles. The van der Waals surface area contributed by atoms with Gasteiger partial charge in [-0.05, 0) is 159 Å². The maximum atomic E-state index is 2.47. The number of hydrogen-bond donors (Lipinski definition) is 0. The molecule has 13 aromatic carbocycles. The Bertz CT molecular complexity index is 3850. The van der Waals surface area contributed by atoms with Gasteiger partial charge in [-0.3, -0.25) is 0 Å². The number of rotatable bonds is 7. The number of benzene rings is 13. The van der Waals surface area contributed by atoms with E-state index < -0.39 is 8.07 Å². The lowest BCUT2D eigenvalue weighted by molar-refractivity contribution is 0.596. The summed E-state index contributed by atoms with van der Waals surface area (Å²) in [7, 11) is -2.71. The highest BCUT2D eigenvalue weighted by Crippen LogP contribution is 2.46. The summed E-state index contributed by atoms with van der Waals surface area (Å²) in [6, 6.07) is 88.4. The molecule has 0 unspecified atom stereocenters. The van der Waals surface area contributed by atoms with E-state index in [2.05, 4.69) is 272 Å². The van der Waals surface area contributed by atoms with Crippen LogP contribution in [-0.4, -0.2) is 8.07 Å². The maximum Gasteiger partial charge on any atom is 0.179 e. The zero-order valence-electron chi connectivity index (χ0n) is 41.4. The highest BCUT2D eigenvalue weighted by Gasteiger charge is 2.41. The summed E-state index contributed by atoms with van der Waals surface area (Å²) in [4.78, 5) is 0. The van der Waals surface area contributed by atoms with E-state index in [4.69, 9.17) is 0 Å². The topological polar surface area (TPSA) is 0 Å². The fourth-order valence-electron chi connectivity index (χ4n) is 12.5. The number of hydrogen-bond acceptors (Lipinski definition) is 0. The molecule has 0 aromatic heterocycles. The van der Waals surface area contributed by atoms with E-state index >= 15 is 0 Å². The van der Waals surface area contributed by atoms with Gasteiger partial charge in [0, 0.05) is 0 Å². The zero-order chi connectivity index (χ0) is 48.2. The van der Waals surface area contributed by atoms with Crippen LogP contribution in [0.5, 0.6) is 0 Å². The highest BCUT2D eigenvalue weighted by molar-refractivity contribution is 7.19. The molecule has 0 atom stereocenters. The second kappa shape index (κ2) is 16.1. The molecule has 0 bridgehead atoms. The third-order valence-electron chi connectivity index (χ3n) is 15.8. The van der Waals surface area contributed by atoms with Gasteiger partial charge in [0.15, 0.2) is 8.07 Å². The first-order valence-corrected chi connectivity index (χ1v) is 27.3. The molecular formula is C70H56Si. The highest BCUT2D eigenvalue weighted by atomic mass is 28.3. The second-order valence-electron chi connectivity index (χ2n) is 22.0. The molecule has 0 aliphatic rings. The van der Waals surface area contributed by atoms with Crippen molar-refractivity contribution in [3.05, 3.63) is 242 Å². The van der Waals surface area contributed by atoms with E-state index in [1.54, 1.807) is 0 Å². The predicted molar refractivity (Wildman–Crippen MR) is 311 cm³/mol. The van der Waals surface area contributed by atoms with Gasteiger partial charge in [0.2, 0.25) is 0 Å². The first kappa shape index (κ1) is 43.2. The van der Waals surface area contributed by atoms with E-state index in [0.29, 0.717) is 0 Å². The average molecular weight is 925 g/mol. The molecule has 0 fully saturated rings. The first-order chi connectivity index (χ1) is 34.5. The van der Waals surface area contributed by atoms with E-state index in [0.717, 1.165) is 0 Å². The van der Waals surface area contributed by atoms with Crippen molar-refractivity contribution in [2.45, 2.75) is 52.4 Å². The molecule has 0 aliphatic heterocycles. The van der Waals surface area contributed by atoms with Gasteiger partial charge in [-0.1, -0.05) is 254 Å². The van der Waals surface area contributed by atoms with Gasteiger partial charge in [-0.2, -0.15) is 0 Å². The SMILES string of the molecule is CC(C)(C)c1ccc2ccc3c(-c4cc(-c5ccc([Si](c6ccccc6)(c6ccccc6)c6ccccc6)cc5)cc(-c5ccc6ccc7c(C(C)(C)C)ccc8ccc5c6c87)c4)ccc4ccc1c2c43. The van der Waals surface area contributed by atoms with E-state index in [1.807, 2.05) is 0 Å². The van der Waals surface area contributed by atoms with Crippen molar-refractivity contribution in [3.63, 3.8) is 0 Å². The van der Waals surface area contributed by atoms with E-state index in [1.165, 1.54) is 130 Å². The molecule has 340 valence electrons. The minimum Gasteiger partial charge on any atom is -0.0623 e. The lowest BCUT2D eigenvalue weighted by Gasteiger charge is -2.34. The Hall–Kier alpha value is -7.84. The summed E-state index contributed by atoms with van der Waals surface area (Å²) in [5.74, 6) is 0. The van der Waals surface area contributed by atoms with Gasteiger partial charge in [0.1, 0.15) is 0 Å². The van der Waals surface area contributed by atoms with Crippen molar-refractivity contribution in [3.8, 4) is 33.4 Å². The van der Waals surface area contributed by atoms with Crippen LogP contribution in [0.4, 0.5) is 0 Å². The fourth-order valence-corrected chi connectivity index (χ4v) is 17.2. The van der Waals surface area contributed by atoms with Crippen molar-refractivity contribution < 1.29 is 0 Å². The predicted octanol–water partition coefficient (Wildman–Crippen LogP) is 16.5. The monoisotopic (exact) mass is 924 g/mol. The van der Waals surface area contributed by atoms with Crippen LogP contribution in [-0.2, 0) is 10.8 Å². The smallest absolute Gasteiger partial charge is 0.0623 e. The van der Waals surface area contributed by atoms with Gasteiger partial charge in [0.05, 0.1) is 0 Å². The largest absolute Gasteiger partial charge is 0.179 e. The molecule has 71 heavy (non-hydrogen) atoms. The van der Waals surface area contributed by atoms with Gasteiger partial charge < -0.3 is 0 Å². The Labute approximate surface area is 418 Å². The lowest BCUT2D eigenvalue weighted by Crippen LogP contribution is -2.74. The Morgan fingerprint density at radius 3 is 0.944 bits per heavy atom. The molecule has 0 amide bonds. The molecule has 13 rings (SSSR count). The van der Waals surface area contributed by atoms with Gasteiger partial charge in [0.25, 0.3) is 0 Å². The standard InChI is InChI=1S/C70H56Si/c1-69(2,3)63-40-30-48-26-36-59-57(34-24-46-28-38-61(63)67(48)65(46)59)51-42-50(43-52(44-51)58-35-25-47-29-39-62-64(70(4,5)6)41-31-49-27-37-60(58)66(47)68(49)62)45-22-32-56(33-23-45)71(53-16-10-7-11-17-53,54-18-12-8-13-19-54)55-20-14-9-15-21-55/h7-44H,1-6H3. The lowest BCUT2D eigenvalue weighted by atomic mass is 9.80. The molecule has 0 nitrogen and oxygen atoms in total. The summed E-state index contributed by atoms with van der Waals surface area (Å²) in [6.07, 6.45) is 0. The van der Waals surface area contributed by atoms with Crippen molar-refractivity contribution in [1.82, 2.24) is 0 Å². The Morgan fingerprint density at radius 2 is 0.563 bits per heavy atom. The molecule has 0 radical (unpaired) electrons. The van der Waals surface area contributed by atoms with E-state index in [9.17, 15) is 0 Å². The van der Waals surface area contributed by atoms with E-state index in [-0.39, 0.29) is 10.8 Å². The summed E-state index contributed by atoms with van der Waals surface area (Å²) in [5, 5.41) is 21.4. The third kappa shape index (κ3) is 6.78. The fraction of sp³-hybridized carbons (Fsp3) is 0.114. The Balaban J connectivity index is 1.06. The summed E-state index contributed by atoms with van der Waals surface area (Å²) in [6.45, 7) is 14.0. The Kier molecular flexibility index (Phi) is 9.80. The average Bonchev–Trinajstić information content (AvgIpc) is 3.40. The van der Waals surface area contributed by atoms with Crippen LogP contribution in [0, 0.1) is 0 Å². The molecular weight excluding hydrogens is 869 g/mol. The Morgan fingerprint density at radius 1 is 0.254 bits per heavy atom. The third-order valence-corrected chi connectivity index (χ3v) is 20.6. The molecule has 13 aromatic rings. The maximum absolute atomic E-state index is 2.71. The molecule has 0 N–H and O–H groups in total. The van der Waals surface area contributed by atoms with Crippen LogP contribution in [0.1, 0.15) is 52.7 Å². The first-order valence-electron chi connectivity index (χ1n) is 25.3. The second-order valence-corrected chi connectivity index (χ2v) is 25.8. The van der Waals surface area contributed by atoms with Crippen LogP contribution < -0.4 is 20.7 Å². The van der Waals surface area contributed by atoms with Crippen LogP contribution in [0.15, 0.2) is 231 Å². The molecule has 0 aliphatic carbocycles. The van der Waals surface area contributed by atoms with Gasteiger partial charge in [-0.25, -0.2) is 0 Å². The molecule has 0 saturated heterocycles. The molecule has 0 saturated carbocycles. The van der Waals surface area contributed by atoms with Gasteiger partial charge in [-0.15, -0.1) is 0 Å². The van der Waals surface area contributed by atoms with Crippen molar-refractivity contribution in [1.29, 1.82) is 0 Å². The quantitative estimate of drug-likeness (QED) is 0.0849. The minimum atomic E-state index is -2.71. The summed E-state index contributed by atoms with van der Waals surface area (Å²) in [5.41, 5.74) is 10.2. The molecule has 1 heteroatoms. The summed E-state index contributed by atoms with van der Waals surface area (Å²) < 4.78 is 0. The van der Waals surface area contributed by atoms with Crippen molar-refractivity contribution >= 4 is 93.5 Å².